The molecule has 0 spiro atoms. The van der Waals surface area contributed by atoms with Crippen molar-refractivity contribution in [2.45, 2.75) is 5.75 Å². The molecule has 0 radical (unpaired) electrons. The second-order valence-corrected chi connectivity index (χ2v) is 5.67. The molecule has 0 aliphatic heterocycles. The lowest BCUT2D eigenvalue weighted by Crippen LogP contribution is -2.33. The Morgan fingerprint density at radius 1 is 1.04 bits per heavy atom. The van der Waals surface area contributed by atoms with Crippen molar-refractivity contribution in [2.24, 2.45) is 10.7 Å². The average Bonchev–Trinajstić information content (AvgIpc) is 2.61. The predicted octanol–water partition coefficient (Wildman–Crippen LogP) is 4.35. The summed E-state index contributed by atoms with van der Waals surface area (Å²) >= 11 is 4.32. The molecule has 4 heteroatoms. The van der Waals surface area contributed by atoms with Crippen LogP contribution in [0.1, 0.15) is 5.56 Å². The van der Waals surface area contributed by atoms with Gasteiger partial charge in [0.2, 0.25) is 5.96 Å². The molecular formula is C19H19N3S. The van der Waals surface area contributed by atoms with Crippen LogP contribution in [0.4, 0.5) is 11.4 Å². The number of nitrogens with zero attached hydrogens (tertiary/aromatic N) is 2. The average molecular weight is 321 g/mol. The molecule has 0 atom stereocenters. The molecule has 0 saturated carbocycles. The number of hydrogen-bond acceptors (Lipinski definition) is 2. The quantitative estimate of drug-likeness (QED) is 0.428. The SMILES string of the molecule is CN(C(N)=Nc1cccc2ccccc12)c1cccc(CS)c1. The maximum atomic E-state index is 6.22. The van der Waals surface area contributed by atoms with Gasteiger partial charge >= 0.3 is 0 Å². The first kappa shape index (κ1) is 15.4. The van der Waals surface area contributed by atoms with Gasteiger partial charge in [0.05, 0.1) is 5.69 Å². The lowest BCUT2D eigenvalue weighted by Gasteiger charge is -2.19. The van der Waals surface area contributed by atoms with Crippen molar-refractivity contribution in [3.05, 3.63) is 72.3 Å². The fraction of sp³-hybridized carbons (Fsp3) is 0.105. The molecule has 0 fully saturated rings. The van der Waals surface area contributed by atoms with Gasteiger partial charge in [0.15, 0.2) is 0 Å². The van der Waals surface area contributed by atoms with Crippen molar-refractivity contribution in [3.8, 4) is 0 Å². The standard InChI is InChI=1S/C19H19N3S/c1-22(16-9-4-6-14(12-16)13-23)19(20)21-18-11-5-8-15-7-2-3-10-17(15)18/h2-12,23H,13H2,1H3,(H2,20,21). The summed E-state index contributed by atoms with van der Waals surface area (Å²) in [4.78, 5) is 6.50. The highest BCUT2D eigenvalue weighted by Crippen LogP contribution is 2.26. The van der Waals surface area contributed by atoms with E-state index in [-0.39, 0.29) is 0 Å². The van der Waals surface area contributed by atoms with E-state index in [2.05, 4.69) is 41.9 Å². The van der Waals surface area contributed by atoms with Gasteiger partial charge in [-0.1, -0.05) is 48.5 Å². The van der Waals surface area contributed by atoms with Gasteiger partial charge in [-0.05, 0) is 29.1 Å². The second kappa shape index (κ2) is 6.75. The fourth-order valence-electron chi connectivity index (χ4n) is 2.50. The highest BCUT2D eigenvalue weighted by Gasteiger charge is 2.07. The molecule has 0 saturated heterocycles. The molecule has 2 N–H and O–H groups in total. The minimum absolute atomic E-state index is 0.456. The van der Waals surface area contributed by atoms with E-state index >= 15 is 0 Å². The number of hydrogen-bond donors (Lipinski definition) is 2. The number of thiol groups is 1. The van der Waals surface area contributed by atoms with E-state index in [0.717, 1.165) is 27.7 Å². The van der Waals surface area contributed by atoms with Crippen LogP contribution in [0.2, 0.25) is 0 Å². The molecule has 0 amide bonds. The summed E-state index contributed by atoms with van der Waals surface area (Å²) in [5.41, 5.74) is 9.24. The number of benzene rings is 3. The van der Waals surface area contributed by atoms with Crippen molar-refractivity contribution >= 4 is 40.7 Å². The van der Waals surface area contributed by atoms with Crippen molar-refractivity contribution < 1.29 is 0 Å². The monoisotopic (exact) mass is 321 g/mol. The molecule has 116 valence electrons. The van der Waals surface area contributed by atoms with E-state index in [9.17, 15) is 0 Å². The second-order valence-electron chi connectivity index (χ2n) is 5.36. The van der Waals surface area contributed by atoms with E-state index in [1.54, 1.807) is 0 Å². The Hall–Kier alpha value is -2.46. The van der Waals surface area contributed by atoms with Crippen molar-refractivity contribution in [1.82, 2.24) is 0 Å². The lowest BCUT2D eigenvalue weighted by molar-refractivity contribution is 1.21. The van der Waals surface area contributed by atoms with E-state index < -0.39 is 0 Å². The van der Waals surface area contributed by atoms with Crippen LogP contribution < -0.4 is 10.6 Å². The zero-order valence-electron chi connectivity index (χ0n) is 13.0. The molecule has 3 rings (SSSR count). The van der Waals surface area contributed by atoms with E-state index in [1.807, 2.05) is 54.4 Å². The Morgan fingerprint density at radius 3 is 2.61 bits per heavy atom. The minimum Gasteiger partial charge on any atom is -0.369 e. The van der Waals surface area contributed by atoms with E-state index in [4.69, 9.17) is 5.73 Å². The molecule has 0 aliphatic rings. The molecule has 0 bridgehead atoms. The minimum atomic E-state index is 0.456. The first-order chi connectivity index (χ1) is 11.2. The van der Waals surface area contributed by atoms with Gasteiger partial charge in [-0.3, -0.25) is 0 Å². The summed E-state index contributed by atoms with van der Waals surface area (Å²) in [5, 5.41) is 2.25. The Balaban J connectivity index is 1.97. The molecule has 0 aliphatic carbocycles. The third kappa shape index (κ3) is 3.32. The van der Waals surface area contributed by atoms with Crippen LogP contribution in [-0.4, -0.2) is 13.0 Å². The van der Waals surface area contributed by atoms with Crippen molar-refractivity contribution in [1.29, 1.82) is 0 Å². The summed E-state index contributed by atoms with van der Waals surface area (Å²) in [7, 11) is 1.92. The fourth-order valence-corrected chi connectivity index (χ4v) is 2.70. The molecule has 3 aromatic rings. The molecule has 3 aromatic carbocycles. The Labute approximate surface area is 141 Å². The molecule has 0 heterocycles. The largest absolute Gasteiger partial charge is 0.369 e. The highest BCUT2D eigenvalue weighted by molar-refractivity contribution is 7.79. The first-order valence-corrected chi connectivity index (χ1v) is 8.08. The predicted molar refractivity (Wildman–Crippen MR) is 103 cm³/mol. The van der Waals surface area contributed by atoms with Gasteiger partial charge in [0.1, 0.15) is 0 Å². The normalized spacial score (nSPS) is 11.7. The van der Waals surface area contributed by atoms with Crippen LogP contribution in [-0.2, 0) is 5.75 Å². The summed E-state index contributed by atoms with van der Waals surface area (Å²) in [6.07, 6.45) is 0. The smallest absolute Gasteiger partial charge is 0.200 e. The third-order valence-electron chi connectivity index (χ3n) is 3.83. The number of aliphatic imine (C=N–C) groups is 1. The van der Waals surface area contributed by atoms with Crippen molar-refractivity contribution in [3.63, 3.8) is 0 Å². The van der Waals surface area contributed by atoms with E-state index in [1.165, 1.54) is 0 Å². The van der Waals surface area contributed by atoms with E-state index in [0.29, 0.717) is 11.7 Å². The van der Waals surface area contributed by atoms with Crippen LogP contribution >= 0.6 is 12.6 Å². The molecule has 3 nitrogen and oxygen atoms in total. The zero-order chi connectivity index (χ0) is 16.2. The van der Waals surface area contributed by atoms with Gasteiger partial charge in [-0.2, -0.15) is 12.6 Å². The van der Waals surface area contributed by atoms with Crippen molar-refractivity contribution in [2.75, 3.05) is 11.9 Å². The third-order valence-corrected chi connectivity index (χ3v) is 4.19. The molecule has 0 aromatic heterocycles. The van der Waals surface area contributed by atoms with Gasteiger partial charge in [0.25, 0.3) is 0 Å². The summed E-state index contributed by atoms with van der Waals surface area (Å²) < 4.78 is 0. The molecule has 0 unspecified atom stereocenters. The first-order valence-electron chi connectivity index (χ1n) is 7.44. The van der Waals surface area contributed by atoms with Crippen LogP contribution in [0.5, 0.6) is 0 Å². The lowest BCUT2D eigenvalue weighted by atomic mass is 10.1. The summed E-state index contributed by atoms with van der Waals surface area (Å²) in [5.74, 6) is 1.15. The van der Waals surface area contributed by atoms with Crippen LogP contribution in [0.25, 0.3) is 10.8 Å². The zero-order valence-corrected chi connectivity index (χ0v) is 13.9. The molecular weight excluding hydrogens is 302 g/mol. The Kier molecular flexibility index (Phi) is 4.53. The van der Waals surface area contributed by atoms with Gasteiger partial charge < -0.3 is 10.6 Å². The summed E-state index contributed by atoms with van der Waals surface area (Å²) in [6, 6.07) is 22.3. The summed E-state index contributed by atoms with van der Waals surface area (Å²) in [6.45, 7) is 0. The number of nitrogens with two attached hydrogens (primary N) is 1. The van der Waals surface area contributed by atoms with Gasteiger partial charge in [0, 0.05) is 23.9 Å². The number of rotatable bonds is 3. The highest BCUT2D eigenvalue weighted by atomic mass is 32.1. The maximum absolute atomic E-state index is 6.22. The van der Waals surface area contributed by atoms with Crippen LogP contribution in [0, 0.1) is 0 Å². The number of fused-ring (bicyclic) bond motifs is 1. The van der Waals surface area contributed by atoms with Gasteiger partial charge in [-0.25, -0.2) is 4.99 Å². The number of guanidine groups is 1. The topological polar surface area (TPSA) is 41.6 Å². The maximum Gasteiger partial charge on any atom is 0.200 e. The van der Waals surface area contributed by atoms with Crippen LogP contribution in [0.15, 0.2) is 71.7 Å². The van der Waals surface area contributed by atoms with Gasteiger partial charge in [-0.15, -0.1) is 0 Å². The Bertz CT molecular complexity index is 853. The number of anilines is 1. The van der Waals surface area contributed by atoms with Crippen LogP contribution in [0.3, 0.4) is 0 Å². The molecule has 23 heavy (non-hydrogen) atoms. The Morgan fingerprint density at radius 2 is 1.78 bits per heavy atom.